The third-order valence-corrected chi connectivity index (χ3v) is 2.89. The minimum atomic E-state index is -1.21. The predicted molar refractivity (Wildman–Crippen MR) is 64.5 cm³/mol. The van der Waals surface area contributed by atoms with Crippen LogP contribution in [-0.2, 0) is 4.79 Å². The molecule has 6 heteroatoms. The number of hydrogen-bond donors (Lipinski definition) is 5. The van der Waals surface area contributed by atoms with Crippen molar-refractivity contribution in [1.82, 2.24) is 10.6 Å². The summed E-state index contributed by atoms with van der Waals surface area (Å²) in [6.07, 6.45) is 0.796. The van der Waals surface area contributed by atoms with Crippen molar-refractivity contribution in [2.75, 3.05) is 26.4 Å². The second-order valence-electron chi connectivity index (χ2n) is 4.89. The Morgan fingerprint density at radius 3 is 1.94 bits per heavy atom. The van der Waals surface area contributed by atoms with Crippen LogP contribution in [0, 0.1) is 0 Å². The monoisotopic (exact) mass is 248 g/mol. The number of carbonyl (C=O) groups excluding carboxylic acids is 1. The first-order chi connectivity index (χ1) is 7.84. The van der Waals surface area contributed by atoms with Crippen LogP contribution in [0.5, 0.6) is 0 Å². The zero-order chi connectivity index (χ0) is 13.5. The summed E-state index contributed by atoms with van der Waals surface area (Å²) < 4.78 is 0. The lowest BCUT2D eigenvalue weighted by molar-refractivity contribution is -0.122. The maximum atomic E-state index is 11.6. The van der Waals surface area contributed by atoms with Crippen molar-refractivity contribution in [1.29, 1.82) is 0 Å². The molecule has 0 fully saturated rings. The van der Waals surface area contributed by atoms with Gasteiger partial charge in [-0.05, 0) is 20.3 Å². The molecule has 0 heterocycles. The first-order valence-electron chi connectivity index (χ1n) is 5.73. The van der Waals surface area contributed by atoms with Crippen LogP contribution < -0.4 is 10.6 Å². The number of hydrogen-bond acceptors (Lipinski definition) is 5. The topological polar surface area (TPSA) is 102 Å². The van der Waals surface area contributed by atoms with Crippen LogP contribution in [0.4, 0.5) is 0 Å². The highest BCUT2D eigenvalue weighted by Crippen LogP contribution is 2.06. The zero-order valence-electron chi connectivity index (χ0n) is 10.8. The Balaban J connectivity index is 4.23. The molecule has 102 valence electrons. The van der Waals surface area contributed by atoms with Gasteiger partial charge in [-0.3, -0.25) is 10.1 Å². The van der Waals surface area contributed by atoms with Crippen LogP contribution in [0.1, 0.15) is 27.2 Å². The second kappa shape index (κ2) is 6.90. The summed E-state index contributed by atoms with van der Waals surface area (Å²) in [4.78, 5) is 11.6. The summed E-state index contributed by atoms with van der Waals surface area (Å²) in [6, 6.07) is 0. The van der Waals surface area contributed by atoms with Crippen LogP contribution >= 0.6 is 0 Å². The van der Waals surface area contributed by atoms with Crippen LogP contribution in [0.15, 0.2) is 0 Å². The fraction of sp³-hybridized carbons (Fsp3) is 0.909. The van der Waals surface area contributed by atoms with Gasteiger partial charge >= 0.3 is 0 Å². The lowest BCUT2D eigenvalue weighted by Crippen LogP contribution is -2.58. The van der Waals surface area contributed by atoms with E-state index < -0.39 is 25.4 Å². The van der Waals surface area contributed by atoms with Crippen molar-refractivity contribution in [2.45, 2.75) is 38.3 Å². The summed E-state index contributed by atoms with van der Waals surface area (Å²) >= 11 is 0. The Hall–Kier alpha value is -0.690. The van der Waals surface area contributed by atoms with Crippen molar-refractivity contribution in [3.8, 4) is 0 Å². The molecule has 0 spiro atoms. The van der Waals surface area contributed by atoms with Gasteiger partial charge in [-0.1, -0.05) is 6.92 Å². The SMILES string of the molecule is CCC(C)(C)NC(=O)CNC(CO)(CO)CO. The standard InChI is InChI=1S/C11H24N2O4/c1-4-10(2,3)13-9(17)5-12-11(6-14,7-15)8-16/h12,14-16H,4-8H2,1-3H3,(H,13,17). The van der Waals surface area contributed by atoms with Crippen molar-refractivity contribution in [3.05, 3.63) is 0 Å². The van der Waals surface area contributed by atoms with Gasteiger partial charge in [0.2, 0.25) is 5.91 Å². The highest BCUT2D eigenvalue weighted by atomic mass is 16.3. The Bertz CT molecular complexity index is 231. The van der Waals surface area contributed by atoms with Gasteiger partial charge in [-0.15, -0.1) is 0 Å². The number of nitrogens with one attached hydrogen (secondary N) is 2. The molecule has 17 heavy (non-hydrogen) atoms. The molecule has 0 aliphatic rings. The fourth-order valence-electron chi connectivity index (χ4n) is 1.10. The van der Waals surface area contributed by atoms with E-state index in [0.29, 0.717) is 0 Å². The van der Waals surface area contributed by atoms with Crippen LogP contribution in [0.3, 0.4) is 0 Å². The molecule has 0 aliphatic carbocycles. The van der Waals surface area contributed by atoms with Gasteiger partial charge in [0.25, 0.3) is 0 Å². The molecule has 0 aromatic heterocycles. The molecule has 5 N–H and O–H groups in total. The normalized spacial score (nSPS) is 12.6. The summed E-state index contributed by atoms with van der Waals surface area (Å²) in [7, 11) is 0. The number of carbonyl (C=O) groups is 1. The third kappa shape index (κ3) is 5.45. The maximum Gasteiger partial charge on any atom is 0.234 e. The highest BCUT2D eigenvalue weighted by Gasteiger charge is 2.28. The van der Waals surface area contributed by atoms with Gasteiger partial charge in [0, 0.05) is 5.54 Å². The van der Waals surface area contributed by atoms with Gasteiger partial charge in [0.15, 0.2) is 0 Å². The van der Waals surface area contributed by atoms with E-state index in [-0.39, 0.29) is 18.0 Å². The Kier molecular flexibility index (Phi) is 6.62. The van der Waals surface area contributed by atoms with Gasteiger partial charge in [0.05, 0.1) is 31.9 Å². The molecular weight excluding hydrogens is 224 g/mol. The maximum absolute atomic E-state index is 11.6. The van der Waals surface area contributed by atoms with Crippen molar-refractivity contribution in [3.63, 3.8) is 0 Å². The van der Waals surface area contributed by atoms with Gasteiger partial charge in [-0.25, -0.2) is 0 Å². The molecule has 0 atom stereocenters. The summed E-state index contributed by atoms with van der Waals surface area (Å²) in [5.74, 6) is -0.239. The average Bonchev–Trinajstić information content (AvgIpc) is 2.31. The molecule has 0 aromatic carbocycles. The number of rotatable bonds is 8. The zero-order valence-corrected chi connectivity index (χ0v) is 10.8. The minimum Gasteiger partial charge on any atom is -0.394 e. The van der Waals surface area contributed by atoms with Crippen molar-refractivity contribution >= 4 is 5.91 Å². The molecule has 0 saturated carbocycles. The molecule has 0 radical (unpaired) electrons. The quantitative estimate of drug-likeness (QED) is 0.363. The van der Waals surface area contributed by atoms with E-state index in [0.717, 1.165) is 6.42 Å². The van der Waals surface area contributed by atoms with E-state index in [9.17, 15) is 4.79 Å². The molecule has 0 saturated heterocycles. The smallest absolute Gasteiger partial charge is 0.234 e. The number of aliphatic hydroxyl groups is 3. The predicted octanol–water partition coefficient (Wildman–Crippen LogP) is -1.40. The molecule has 6 nitrogen and oxygen atoms in total. The van der Waals surface area contributed by atoms with Crippen LogP contribution in [0.25, 0.3) is 0 Å². The van der Waals surface area contributed by atoms with E-state index >= 15 is 0 Å². The van der Waals surface area contributed by atoms with Gasteiger partial charge in [0.1, 0.15) is 0 Å². The molecule has 0 rings (SSSR count). The summed E-state index contributed by atoms with van der Waals surface area (Å²) in [6.45, 7) is 4.39. The minimum absolute atomic E-state index is 0.0644. The molecule has 0 aromatic rings. The Morgan fingerprint density at radius 1 is 1.12 bits per heavy atom. The molecular formula is C11H24N2O4. The average molecular weight is 248 g/mol. The third-order valence-electron chi connectivity index (χ3n) is 2.89. The van der Waals surface area contributed by atoms with E-state index in [1.165, 1.54) is 0 Å². The summed E-state index contributed by atoms with van der Waals surface area (Å²) in [5, 5.41) is 32.6. The Labute approximate surface area is 102 Å². The van der Waals surface area contributed by atoms with Crippen LogP contribution in [-0.4, -0.2) is 58.7 Å². The lowest BCUT2D eigenvalue weighted by atomic mass is 10.0. The van der Waals surface area contributed by atoms with E-state index in [4.69, 9.17) is 15.3 Å². The van der Waals surface area contributed by atoms with Crippen molar-refractivity contribution < 1.29 is 20.1 Å². The molecule has 0 unspecified atom stereocenters. The second-order valence-corrected chi connectivity index (χ2v) is 4.89. The van der Waals surface area contributed by atoms with E-state index in [2.05, 4.69) is 10.6 Å². The van der Waals surface area contributed by atoms with Gasteiger partial charge in [-0.2, -0.15) is 0 Å². The van der Waals surface area contributed by atoms with Crippen LogP contribution in [0.2, 0.25) is 0 Å². The molecule has 0 aliphatic heterocycles. The van der Waals surface area contributed by atoms with Crippen molar-refractivity contribution in [2.24, 2.45) is 0 Å². The highest BCUT2D eigenvalue weighted by molar-refractivity contribution is 5.78. The first-order valence-corrected chi connectivity index (χ1v) is 5.73. The van der Waals surface area contributed by atoms with E-state index in [1.54, 1.807) is 0 Å². The number of aliphatic hydroxyl groups excluding tert-OH is 3. The largest absolute Gasteiger partial charge is 0.394 e. The first kappa shape index (κ1) is 16.3. The molecule has 1 amide bonds. The number of amides is 1. The van der Waals surface area contributed by atoms with Gasteiger partial charge < -0.3 is 20.6 Å². The summed E-state index contributed by atoms with van der Waals surface area (Å²) in [5.41, 5.74) is -1.51. The lowest BCUT2D eigenvalue weighted by Gasteiger charge is -2.30. The Morgan fingerprint density at radius 2 is 1.59 bits per heavy atom. The molecule has 0 bridgehead atoms. The van der Waals surface area contributed by atoms with E-state index in [1.807, 2.05) is 20.8 Å². The fourth-order valence-corrected chi connectivity index (χ4v) is 1.10.